The highest BCUT2D eigenvalue weighted by Gasteiger charge is 2.35. The van der Waals surface area contributed by atoms with Gasteiger partial charge in [0.1, 0.15) is 11.9 Å². The van der Waals surface area contributed by atoms with Crippen molar-refractivity contribution >= 4 is 40.7 Å². The van der Waals surface area contributed by atoms with Crippen molar-refractivity contribution in [3.8, 4) is 0 Å². The number of hydrogen-bond donors (Lipinski definition) is 2. The van der Waals surface area contributed by atoms with Crippen LogP contribution in [0.5, 0.6) is 0 Å². The van der Waals surface area contributed by atoms with E-state index in [1.807, 2.05) is 5.38 Å². The number of aliphatic carboxylic acids is 1. The van der Waals surface area contributed by atoms with Crippen LogP contribution in [0.15, 0.2) is 46.0 Å². The number of nitrogens with zero attached hydrogens (tertiary/aromatic N) is 3. The quantitative estimate of drug-likeness (QED) is 0.509. The first-order valence-electron chi connectivity index (χ1n) is 10.9. The smallest absolute Gasteiger partial charge is 0.338 e. The molecule has 1 fully saturated rings. The fourth-order valence-electron chi connectivity index (χ4n) is 4.07. The summed E-state index contributed by atoms with van der Waals surface area (Å²) in [6, 6.07) is 3.12. The van der Waals surface area contributed by atoms with Gasteiger partial charge in [-0.1, -0.05) is 17.7 Å². The molecule has 12 heteroatoms. The number of benzene rings is 1. The molecular formula is C23H24ClFN4O5S. The zero-order chi connectivity index (χ0) is 24.9. The molecule has 2 aromatic rings. The van der Waals surface area contributed by atoms with Gasteiger partial charge in [0, 0.05) is 53.9 Å². The van der Waals surface area contributed by atoms with Gasteiger partial charge < -0.3 is 19.9 Å². The van der Waals surface area contributed by atoms with E-state index in [1.165, 1.54) is 36.6 Å². The van der Waals surface area contributed by atoms with Gasteiger partial charge in [-0.3, -0.25) is 14.7 Å². The molecule has 1 aromatic carbocycles. The highest BCUT2D eigenvalue weighted by atomic mass is 35.5. The Hall–Kier alpha value is -2.86. The van der Waals surface area contributed by atoms with Crippen molar-refractivity contribution in [1.29, 1.82) is 0 Å². The number of aliphatic imine (C=N–C) groups is 1. The molecular weight excluding hydrogens is 499 g/mol. The van der Waals surface area contributed by atoms with Crippen LogP contribution in [0.3, 0.4) is 0 Å². The van der Waals surface area contributed by atoms with Crippen molar-refractivity contribution in [3.63, 3.8) is 0 Å². The van der Waals surface area contributed by atoms with Gasteiger partial charge >= 0.3 is 11.9 Å². The van der Waals surface area contributed by atoms with Gasteiger partial charge in [-0.15, -0.1) is 11.3 Å². The zero-order valence-corrected chi connectivity index (χ0v) is 20.4. The number of halogens is 2. The molecule has 2 atom stereocenters. The predicted octanol–water partition coefficient (Wildman–Crippen LogP) is 3.02. The number of thiazole rings is 1. The van der Waals surface area contributed by atoms with Crippen LogP contribution in [0.2, 0.25) is 5.02 Å². The van der Waals surface area contributed by atoms with E-state index < -0.39 is 23.8 Å². The molecule has 2 aliphatic heterocycles. The van der Waals surface area contributed by atoms with Gasteiger partial charge in [-0.05, 0) is 18.6 Å². The van der Waals surface area contributed by atoms with Crippen molar-refractivity contribution in [2.24, 2.45) is 4.99 Å². The average Bonchev–Trinajstić information content (AvgIpc) is 3.37. The van der Waals surface area contributed by atoms with Crippen molar-refractivity contribution in [3.05, 3.63) is 62.5 Å². The van der Waals surface area contributed by atoms with E-state index in [-0.39, 0.29) is 23.1 Å². The second kappa shape index (κ2) is 11.3. The number of hydrogen-bond acceptors (Lipinski definition) is 9. The van der Waals surface area contributed by atoms with Crippen molar-refractivity contribution in [2.45, 2.75) is 25.0 Å². The summed E-state index contributed by atoms with van der Waals surface area (Å²) in [5.41, 5.74) is 1.28. The second-order valence-electron chi connectivity index (χ2n) is 8.05. The predicted molar refractivity (Wildman–Crippen MR) is 128 cm³/mol. The summed E-state index contributed by atoms with van der Waals surface area (Å²) in [5, 5.41) is 14.8. The molecule has 3 heterocycles. The number of amidine groups is 1. The molecule has 186 valence electrons. The minimum absolute atomic E-state index is 0.0128. The fourth-order valence-corrected chi connectivity index (χ4v) is 4.93. The lowest BCUT2D eigenvalue weighted by Crippen LogP contribution is -2.46. The Kier molecular flexibility index (Phi) is 8.11. The van der Waals surface area contributed by atoms with Crippen molar-refractivity contribution < 1.29 is 28.6 Å². The molecule has 0 aliphatic carbocycles. The maximum Gasteiger partial charge on any atom is 0.338 e. The zero-order valence-electron chi connectivity index (χ0n) is 18.9. The molecule has 1 aromatic heterocycles. The second-order valence-corrected chi connectivity index (χ2v) is 9.35. The number of methoxy groups -OCH3 is 1. The minimum Gasteiger partial charge on any atom is -0.481 e. The van der Waals surface area contributed by atoms with Crippen LogP contribution < -0.4 is 5.32 Å². The van der Waals surface area contributed by atoms with E-state index in [0.29, 0.717) is 54.8 Å². The number of morpholine rings is 1. The topological polar surface area (TPSA) is 113 Å². The molecule has 2 aliphatic rings. The number of ether oxygens (including phenoxy) is 2. The fraction of sp³-hybridized carbons (Fsp3) is 0.391. The summed E-state index contributed by atoms with van der Waals surface area (Å²) in [7, 11) is 1.28. The molecule has 4 rings (SSSR count). The molecule has 0 amide bonds. The van der Waals surface area contributed by atoms with Gasteiger partial charge in [0.15, 0.2) is 10.8 Å². The molecule has 0 bridgehead atoms. The molecule has 0 spiro atoms. The SMILES string of the molecule is COC(=O)C1=C(CN2CCO[C@H](CCC(=O)O)C2)NC(c2nccs2)=N[C@H]1c1ccc(F)cc1Cl. The number of nitrogens with one attached hydrogen (secondary N) is 1. The van der Waals surface area contributed by atoms with Crippen LogP contribution in [0.4, 0.5) is 4.39 Å². The van der Waals surface area contributed by atoms with Crippen LogP contribution in [0.1, 0.15) is 29.5 Å². The Bertz CT molecular complexity index is 1160. The van der Waals surface area contributed by atoms with E-state index in [9.17, 15) is 14.0 Å². The number of rotatable bonds is 8. The lowest BCUT2D eigenvalue weighted by Gasteiger charge is -2.35. The summed E-state index contributed by atoms with van der Waals surface area (Å²) in [6.45, 7) is 1.86. The largest absolute Gasteiger partial charge is 0.481 e. The van der Waals surface area contributed by atoms with Crippen LogP contribution >= 0.6 is 22.9 Å². The van der Waals surface area contributed by atoms with Gasteiger partial charge in [-0.25, -0.2) is 14.2 Å². The van der Waals surface area contributed by atoms with Crippen molar-refractivity contribution in [1.82, 2.24) is 15.2 Å². The molecule has 1 saturated heterocycles. The van der Waals surface area contributed by atoms with Gasteiger partial charge in [-0.2, -0.15) is 0 Å². The van der Waals surface area contributed by atoms with Gasteiger partial charge in [0.25, 0.3) is 0 Å². The van der Waals surface area contributed by atoms with E-state index in [1.54, 1.807) is 6.20 Å². The minimum atomic E-state index is -0.876. The third kappa shape index (κ3) is 6.04. The molecule has 0 saturated carbocycles. The highest BCUT2D eigenvalue weighted by Crippen LogP contribution is 2.37. The first-order chi connectivity index (χ1) is 16.9. The Morgan fingerprint density at radius 2 is 2.26 bits per heavy atom. The Morgan fingerprint density at radius 3 is 2.94 bits per heavy atom. The number of carboxylic acids is 1. The van der Waals surface area contributed by atoms with E-state index in [4.69, 9.17) is 31.2 Å². The van der Waals surface area contributed by atoms with Crippen LogP contribution in [-0.2, 0) is 19.1 Å². The van der Waals surface area contributed by atoms with E-state index >= 15 is 0 Å². The monoisotopic (exact) mass is 522 g/mol. The number of esters is 1. The molecule has 0 radical (unpaired) electrons. The standard InChI is InChI=1S/C23H24ClFN4O5S/c1-33-23(32)19-17(12-29-7-8-34-14(11-29)3-5-18(30)31)27-21(22-26-6-9-35-22)28-20(19)15-4-2-13(25)10-16(15)24/h2,4,6,9-10,14,20H,3,5,7-8,11-12H2,1H3,(H,27,28)(H,30,31)/t14-,20+/m1/s1. The third-order valence-electron chi connectivity index (χ3n) is 5.71. The third-order valence-corrected chi connectivity index (χ3v) is 6.82. The number of carbonyl (C=O) groups excluding carboxylic acids is 1. The average molecular weight is 523 g/mol. The molecule has 35 heavy (non-hydrogen) atoms. The number of carbonyl (C=O) groups is 2. The lowest BCUT2D eigenvalue weighted by molar-refractivity contribution is -0.138. The maximum atomic E-state index is 13.8. The Labute approximate surface area is 210 Å². The normalized spacial score (nSPS) is 20.8. The summed E-state index contributed by atoms with van der Waals surface area (Å²) >= 11 is 7.76. The van der Waals surface area contributed by atoms with Crippen LogP contribution in [0.25, 0.3) is 0 Å². The maximum absolute atomic E-state index is 13.8. The molecule has 0 unspecified atom stereocenters. The summed E-state index contributed by atoms with van der Waals surface area (Å²) in [6.07, 6.45) is 1.82. The number of aromatic nitrogens is 1. The Balaban J connectivity index is 1.70. The van der Waals surface area contributed by atoms with Crippen LogP contribution in [0, 0.1) is 5.82 Å². The Morgan fingerprint density at radius 1 is 1.43 bits per heavy atom. The first-order valence-corrected chi connectivity index (χ1v) is 12.2. The lowest BCUT2D eigenvalue weighted by atomic mass is 9.95. The first kappa shape index (κ1) is 25.2. The summed E-state index contributed by atoms with van der Waals surface area (Å²) in [5.74, 6) is -1.50. The van der Waals surface area contributed by atoms with Gasteiger partial charge in [0.05, 0.1) is 25.4 Å². The van der Waals surface area contributed by atoms with Crippen molar-refractivity contribution in [2.75, 3.05) is 33.4 Å². The summed E-state index contributed by atoms with van der Waals surface area (Å²) < 4.78 is 24.6. The van der Waals surface area contributed by atoms with Gasteiger partial charge in [0.2, 0.25) is 0 Å². The van der Waals surface area contributed by atoms with E-state index in [0.717, 1.165) is 0 Å². The highest BCUT2D eigenvalue weighted by molar-refractivity contribution is 7.11. The summed E-state index contributed by atoms with van der Waals surface area (Å²) in [4.78, 5) is 35.1. The van der Waals surface area contributed by atoms with E-state index in [2.05, 4.69) is 15.2 Å². The van der Waals surface area contributed by atoms with Crippen LogP contribution in [-0.4, -0.2) is 72.2 Å². The number of carboxylic acid groups (broad SMARTS) is 1. The molecule has 9 nitrogen and oxygen atoms in total. The molecule has 2 N–H and O–H groups in total.